The van der Waals surface area contributed by atoms with Crippen molar-refractivity contribution >= 4 is 33.3 Å². The molecule has 0 aliphatic heterocycles. The monoisotopic (exact) mass is 339 g/mol. The summed E-state index contributed by atoms with van der Waals surface area (Å²) in [5.41, 5.74) is 0.781. The van der Waals surface area contributed by atoms with Crippen molar-refractivity contribution in [1.82, 2.24) is 9.97 Å². The van der Waals surface area contributed by atoms with Crippen molar-refractivity contribution < 1.29 is 19.4 Å². The molecule has 126 valence electrons. The maximum atomic E-state index is 12.2. The van der Waals surface area contributed by atoms with Crippen LogP contribution in [0.2, 0.25) is 0 Å². The Kier molecular flexibility index (Phi) is 6.26. The van der Waals surface area contributed by atoms with Gasteiger partial charge in [0, 0.05) is 7.11 Å². The number of rotatable bonds is 8. The van der Waals surface area contributed by atoms with Crippen molar-refractivity contribution in [3.05, 3.63) is 16.8 Å². The van der Waals surface area contributed by atoms with E-state index in [9.17, 15) is 9.90 Å². The third-order valence-corrected chi connectivity index (χ3v) is 4.67. The Bertz CT molecular complexity index is 670. The molecule has 0 saturated heterocycles. The lowest BCUT2D eigenvalue weighted by Gasteiger charge is -2.15. The Hall–Kier alpha value is -1.77. The Morgan fingerprint density at radius 2 is 2.22 bits per heavy atom. The lowest BCUT2D eigenvalue weighted by atomic mass is 10.2. The number of carbonyl (C=O) groups is 1. The molecule has 8 heteroatoms. The first-order valence-corrected chi connectivity index (χ1v) is 8.21. The van der Waals surface area contributed by atoms with E-state index in [1.54, 1.807) is 7.11 Å². The van der Waals surface area contributed by atoms with Gasteiger partial charge in [0.2, 0.25) is 0 Å². The van der Waals surface area contributed by atoms with E-state index in [2.05, 4.69) is 15.3 Å². The summed E-state index contributed by atoms with van der Waals surface area (Å²) < 4.78 is 10.1. The predicted molar refractivity (Wildman–Crippen MR) is 89.1 cm³/mol. The highest BCUT2D eigenvalue weighted by molar-refractivity contribution is 7.20. The fourth-order valence-corrected chi connectivity index (χ4v) is 3.17. The van der Waals surface area contributed by atoms with Gasteiger partial charge in [0.25, 0.3) is 0 Å². The third-order valence-electron chi connectivity index (χ3n) is 3.49. The van der Waals surface area contributed by atoms with Crippen LogP contribution in [0.4, 0.5) is 5.82 Å². The molecule has 0 saturated carbocycles. The van der Waals surface area contributed by atoms with E-state index in [1.165, 1.54) is 17.7 Å². The number of anilines is 1. The van der Waals surface area contributed by atoms with Gasteiger partial charge in [0.15, 0.2) is 0 Å². The molecule has 1 atom stereocenters. The van der Waals surface area contributed by atoms with Crippen LogP contribution in [0, 0.1) is 6.92 Å². The molecule has 2 aromatic rings. The zero-order chi connectivity index (χ0) is 16.8. The summed E-state index contributed by atoms with van der Waals surface area (Å²) in [6.07, 6.45) is 2.21. The second-order valence-electron chi connectivity index (χ2n) is 5.02. The van der Waals surface area contributed by atoms with Gasteiger partial charge in [-0.3, -0.25) is 0 Å². The molecule has 2 aromatic heterocycles. The average molecular weight is 339 g/mol. The molecule has 0 aromatic carbocycles. The highest BCUT2D eigenvalue weighted by atomic mass is 32.1. The van der Waals surface area contributed by atoms with Gasteiger partial charge in [0.1, 0.15) is 28.5 Å². The molecule has 0 amide bonds. The predicted octanol–water partition coefficient (Wildman–Crippen LogP) is 1.99. The third kappa shape index (κ3) is 3.95. The first-order valence-electron chi connectivity index (χ1n) is 7.39. The second-order valence-corrected chi connectivity index (χ2v) is 6.02. The number of nitrogens with zero attached hydrogens (tertiary/aromatic N) is 2. The molecule has 2 rings (SSSR count). The molecule has 0 bridgehead atoms. The van der Waals surface area contributed by atoms with Gasteiger partial charge in [-0.25, -0.2) is 14.8 Å². The van der Waals surface area contributed by atoms with Crippen molar-refractivity contribution in [2.45, 2.75) is 26.3 Å². The van der Waals surface area contributed by atoms with Crippen molar-refractivity contribution in [3.8, 4) is 0 Å². The van der Waals surface area contributed by atoms with E-state index in [0.717, 1.165) is 17.4 Å². The quantitative estimate of drug-likeness (QED) is 0.561. The summed E-state index contributed by atoms with van der Waals surface area (Å²) in [5, 5.41) is 13.3. The van der Waals surface area contributed by atoms with Crippen LogP contribution < -0.4 is 5.32 Å². The van der Waals surface area contributed by atoms with E-state index in [-0.39, 0.29) is 25.2 Å². The highest BCUT2D eigenvalue weighted by Gasteiger charge is 2.21. The average Bonchev–Trinajstić information content (AvgIpc) is 2.90. The summed E-state index contributed by atoms with van der Waals surface area (Å²) in [6, 6.07) is -0.0931. The number of aliphatic hydroxyl groups excluding tert-OH is 1. The lowest BCUT2D eigenvalue weighted by molar-refractivity contribution is 0.0393. The van der Waals surface area contributed by atoms with Crippen molar-refractivity contribution in [3.63, 3.8) is 0 Å². The Morgan fingerprint density at radius 1 is 1.43 bits per heavy atom. The van der Waals surface area contributed by atoms with Crippen molar-refractivity contribution in [1.29, 1.82) is 0 Å². The molecule has 0 fully saturated rings. The van der Waals surface area contributed by atoms with Crippen LogP contribution in [0.3, 0.4) is 0 Å². The number of thiophene rings is 1. The van der Waals surface area contributed by atoms with Crippen LogP contribution >= 0.6 is 11.3 Å². The number of fused-ring (bicyclic) bond motifs is 1. The smallest absolute Gasteiger partial charge is 0.348 e. The zero-order valence-electron chi connectivity index (χ0n) is 13.5. The van der Waals surface area contributed by atoms with E-state index >= 15 is 0 Å². The number of esters is 1. The summed E-state index contributed by atoms with van der Waals surface area (Å²) in [6.45, 7) is 4.40. The summed E-state index contributed by atoms with van der Waals surface area (Å²) in [7, 11) is 1.55. The molecule has 2 N–H and O–H groups in total. The lowest BCUT2D eigenvalue weighted by Crippen LogP contribution is -2.23. The van der Waals surface area contributed by atoms with Crippen molar-refractivity contribution in [2.24, 2.45) is 0 Å². The molecule has 23 heavy (non-hydrogen) atoms. The fraction of sp³-hybridized carbons (Fsp3) is 0.533. The zero-order valence-corrected chi connectivity index (χ0v) is 14.3. The minimum atomic E-state index is -0.386. The van der Waals surface area contributed by atoms with Crippen molar-refractivity contribution in [2.75, 3.05) is 32.2 Å². The summed E-state index contributed by atoms with van der Waals surface area (Å²) >= 11 is 1.28. The number of aryl methyl sites for hydroxylation is 1. The summed E-state index contributed by atoms with van der Waals surface area (Å²) in [4.78, 5) is 21.9. The van der Waals surface area contributed by atoms with Crippen LogP contribution in [-0.4, -0.2) is 54.0 Å². The van der Waals surface area contributed by atoms with Crippen LogP contribution in [0.1, 0.15) is 28.6 Å². The summed E-state index contributed by atoms with van der Waals surface area (Å²) in [5.74, 6) is 0.239. The number of carbonyl (C=O) groups excluding carboxylic acids is 1. The van der Waals surface area contributed by atoms with Gasteiger partial charge in [-0.15, -0.1) is 11.3 Å². The van der Waals surface area contributed by atoms with E-state index in [0.29, 0.717) is 22.1 Å². The maximum absolute atomic E-state index is 12.2. The minimum absolute atomic E-state index is 0.0110. The van der Waals surface area contributed by atoms with Crippen LogP contribution in [-0.2, 0) is 9.47 Å². The number of hydrogen-bond donors (Lipinski definition) is 2. The van der Waals surface area contributed by atoms with Gasteiger partial charge in [-0.2, -0.15) is 0 Å². The molecule has 1 unspecified atom stereocenters. The minimum Gasteiger partial charge on any atom is -0.459 e. The highest BCUT2D eigenvalue weighted by Crippen LogP contribution is 2.34. The molecule has 0 radical (unpaired) electrons. The SMILES string of the molecule is CCC(CO)Nc1ncnc2sc(C(=O)OCCOC)c(C)c12. The first-order chi connectivity index (χ1) is 11.1. The van der Waals surface area contributed by atoms with Gasteiger partial charge >= 0.3 is 5.97 Å². The van der Waals surface area contributed by atoms with Gasteiger partial charge in [-0.05, 0) is 18.9 Å². The molecular formula is C15H21N3O4S. The number of ether oxygens (including phenoxy) is 2. The largest absolute Gasteiger partial charge is 0.459 e. The van der Waals surface area contributed by atoms with Gasteiger partial charge in [0.05, 0.1) is 24.6 Å². The van der Waals surface area contributed by atoms with E-state index in [4.69, 9.17) is 9.47 Å². The number of aliphatic hydroxyl groups is 1. The molecule has 0 aliphatic rings. The normalized spacial score (nSPS) is 12.3. The number of aromatic nitrogens is 2. The molecule has 2 heterocycles. The van der Waals surface area contributed by atoms with Crippen LogP contribution in [0.15, 0.2) is 6.33 Å². The molecule has 0 spiro atoms. The molecule has 7 nitrogen and oxygen atoms in total. The van der Waals surface area contributed by atoms with Crippen LogP contribution in [0.5, 0.6) is 0 Å². The number of methoxy groups -OCH3 is 1. The Labute approximate surface area is 138 Å². The fourth-order valence-electron chi connectivity index (χ4n) is 2.13. The maximum Gasteiger partial charge on any atom is 0.348 e. The second kappa shape index (κ2) is 8.19. The topological polar surface area (TPSA) is 93.6 Å². The van der Waals surface area contributed by atoms with E-state index in [1.807, 2.05) is 13.8 Å². The standard InChI is InChI=1S/C15H21N3O4S/c1-4-10(7-19)18-13-11-9(2)12(15(20)22-6-5-21-3)23-14(11)17-8-16-13/h8,10,19H,4-7H2,1-3H3,(H,16,17,18). The molecule has 0 aliphatic carbocycles. The Balaban J connectivity index is 2.32. The number of hydrogen-bond acceptors (Lipinski definition) is 8. The van der Waals surface area contributed by atoms with Gasteiger partial charge < -0.3 is 19.9 Å². The number of nitrogens with one attached hydrogen (secondary N) is 1. The van der Waals surface area contributed by atoms with Gasteiger partial charge in [-0.1, -0.05) is 6.92 Å². The first kappa shape index (κ1) is 17.6. The Morgan fingerprint density at radius 3 is 2.87 bits per heavy atom. The van der Waals surface area contributed by atoms with Crippen LogP contribution in [0.25, 0.3) is 10.2 Å². The molecular weight excluding hydrogens is 318 g/mol. The van der Waals surface area contributed by atoms with E-state index < -0.39 is 0 Å².